The van der Waals surface area contributed by atoms with Gasteiger partial charge in [0.05, 0.1) is 6.04 Å². The van der Waals surface area contributed by atoms with Crippen molar-refractivity contribution in [3.05, 3.63) is 22.1 Å². The molecular weight excluding hydrogens is 302 g/mol. The van der Waals surface area contributed by atoms with Gasteiger partial charge in [-0.05, 0) is 26.5 Å². The largest absolute Gasteiger partial charge is 0.370 e. The van der Waals surface area contributed by atoms with Gasteiger partial charge in [0.1, 0.15) is 16.6 Å². The Balaban J connectivity index is 2.14. The van der Waals surface area contributed by atoms with Crippen LogP contribution in [-0.4, -0.2) is 27.8 Å². The highest BCUT2D eigenvalue weighted by Gasteiger charge is 2.11. The predicted molar refractivity (Wildman–Crippen MR) is 91.5 cm³/mol. The fourth-order valence-corrected chi connectivity index (χ4v) is 2.95. The van der Waals surface area contributed by atoms with Gasteiger partial charge in [0.2, 0.25) is 0 Å². The molecule has 1 atom stereocenters. The van der Waals surface area contributed by atoms with Crippen molar-refractivity contribution in [1.29, 1.82) is 0 Å². The third-order valence-corrected chi connectivity index (χ3v) is 4.46. The van der Waals surface area contributed by atoms with Gasteiger partial charge >= 0.3 is 0 Å². The molecule has 5 nitrogen and oxygen atoms in total. The van der Waals surface area contributed by atoms with Crippen LogP contribution in [0.4, 0.5) is 11.6 Å². The van der Waals surface area contributed by atoms with Crippen molar-refractivity contribution in [1.82, 2.24) is 15.0 Å². The molecule has 0 aromatic carbocycles. The number of nitrogens with zero attached hydrogens (tertiary/aromatic N) is 3. The third-order valence-electron chi connectivity index (χ3n) is 2.82. The number of rotatable bonds is 7. The van der Waals surface area contributed by atoms with Gasteiger partial charge in [0.25, 0.3) is 0 Å². The minimum Gasteiger partial charge on any atom is -0.370 e. The topological polar surface area (TPSA) is 62.7 Å². The Labute approximate surface area is 134 Å². The molecule has 2 aromatic heterocycles. The second-order valence-electron chi connectivity index (χ2n) is 4.73. The van der Waals surface area contributed by atoms with Crippen LogP contribution < -0.4 is 10.6 Å². The summed E-state index contributed by atoms with van der Waals surface area (Å²) in [5.41, 5.74) is 0. The summed E-state index contributed by atoms with van der Waals surface area (Å²) in [5.74, 6) is 1.69. The van der Waals surface area contributed by atoms with E-state index in [1.165, 1.54) is 4.88 Å². The van der Waals surface area contributed by atoms with Crippen molar-refractivity contribution < 1.29 is 0 Å². The summed E-state index contributed by atoms with van der Waals surface area (Å²) in [6, 6.07) is 2.08. The number of hydrogen-bond acceptors (Lipinski definition) is 7. The zero-order valence-corrected chi connectivity index (χ0v) is 14.4. The summed E-state index contributed by atoms with van der Waals surface area (Å²) in [6.07, 6.45) is 4.95. The van der Waals surface area contributed by atoms with E-state index >= 15 is 0 Å². The first-order valence-corrected chi connectivity index (χ1v) is 9.02. The zero-order chi connectivity index (χ0) is 15.2. The predicted octanol–water partition coefficient (Wildman–Crippen LogP) is 3.96. The molecular formula is C14H21N5S2. The molecule has 114 valence electrons. The Morgan fingerprint density at radius 1 is 1.33 bits per heavy atom. The number of aromatic nitrogens is 3. The number of hydrogen-bond donors (Lipinski definition) is 2. The van der Waals surface area contributed by atoms with Crippen molar-refractivity contribution in [2.24, 2.45) is 0 Å². The van der Waals surface area contributed by atoms with E-state index in [0.29, 0.717) is 0 Å². The van der Waals surface area contributed by atoms with Crippen LogP contribution in [-0.2, 0) is 0 Å². The summed E-state index contributed by atoms with van der Waals surface area (Å²) >= 11 is 3.25. The average molecular weight is 323 g/mol. The van der Waals surface area contributed by atoms with Crippen LogP contribution >= 0.6 is 23.1 Å². The van der Waals surface area contributed by atoms with Crippen LogP contribution in [0.25, 0.3) is 0 Å². The molecule has 0 saturated heterocycles. The van der Waals surface area contributed by atoms with Gasteiger partial charge in [0, 0.05) is 23.7 Å². The fourth-order valence-electron chi connectivity index (χ4n) is 1.79. The summed E-state index contributed by atoms with van der Waals surface area (Å²) in [4.78, 5) is 14.6. The maximum absolute atomic E-state index is 4.51. The second-order valence-corrected chi connectivity index (χ2v) is 6.77. The molecule has 21 heavy (non-hydrogen) atoms. The maximum Gasteiger partial charge on any atom is 0.191 e. The Kier molecular flexibility index (Phi) is 5.81. The Hall–Kier alpha value is -1.34. The molecule has 0 fully saturated rings. The van der Waals surface area contributed by atoms with E-state index in [2.05, 4.69) is 46.4 Å². The van der Waals surface area contributed by atoms with E-state index in [1.807, 2.05) is 18.5 Å². The zero-order valence-electron chi connectivity index (χ0n) is 12.8. The summed E-state index contributed by atoms with van der Waals surface area (Å²) in [6.45, 7) is 7.21. The van der Waals surface area contributed by atoms with Crippen molar-refractivity contribution in [2.45, 2.75) is 38.4 Å². The first kappa shape index (κ1) is 16.0. The first-order valence-electron chi connectivity index (χ1n) is 6.98. The molecule has 2 aromatic rings. The van der Waals surface area contributed by atoms with Gasteiger partial charge in [-0.15, -0.1) is 11.3 Å². The van der Waals surface area contributed by atoms with Crippen LogP contribution in [0.2, 0.25) is 0 Å². The minimum absolute atomic E-state index is 0.132. The summed E-state index contributed by atoms with van der Waals surface area (Å²) in [5, 5.41) is 8.55. The van der Waals surface area contributed by atoms with Crippen LogP contribution in [0.3, 0.4) is 0 Å². The highest BCUT2D eigenvalue weighted by atomic mass is 32.2. The summed E-state index contributed by atoms with van der Waals surface area (Å²) in [7, 11) is 0. The van der Waals surface area contributed by atoms with Crippen molar-refractivity contribution in [3.8, 4) is 0 Å². The van der Waals surface area contributed by atoms with Gasteiger partial charge in [-0.25, -0.2) is 15.0 Å². The molecule has 7 heteroatoms. The van der Waals surface area contributed by atoms with Crippen molar-refractivity contribution in [2.75, 3.05) is 23.4 Å². The molecule has 0 amide bonds. The van der Waals surface area contributed by atoms with Crippen LogP contribution in [0.1, 0.15) is 36.2 Å². The molecule has 0 spiro atoms. The standard InChI is InChI=1S/C14H21N5S2/c1-5-6-15-11-7-12(19-14(18-11)20-4)17-10(3)13-16-8-9(2)21-13/h7-8,10H,5-6H2,1-4H3,(H2,15,17,18,19). The molecule has 0 aliphatic rings. The van der Waals surface area contributed by atoms with Crippen molar-refractivity contribution >= 4 is 34.7 Å². The lowest BCUT2D eigenvalue weighted by atomic mass is 10.3. The van der Waals surface area contributed by atoms with E-state index in [0.717, 1.165) is 34.8 Å². The molecule has 1 unspecified atom stereocenters. The molecule has 2 rings (SSSR count). The van der Waals surface area contributed by atoms with E-state index in [4.69, 9.17) is 0 Å². The first-order chi connectivity index (χ1) is 10.1. The van der Waals surface area contributed by atoms with Gasteiger partial charge < -0.3 is 10.6 Å². The van der Waals surface area contributed by atoms with E-state index < -0.39 is 0 Å². The third kappa shape index (κ3) is 4.57. The monoisotopic (exact) mass is 323 g/mol. The SMILES string of the molecule is CCCNc1cc(NC(C)c2ncc(C)s2)nc(SC)n1. The van der Waals surface area contributed by atoms with Gasteiger partial charge in [0.15, 0.2) is 5.16 Å². The number of nitrogens with one attached hydrogen (secondary N) is 2. The van der Waals surface area contributed by atoms with E-state index in [9.17, 15) is 0 Å². The number of anilines is 2. The van der Waals surface area contributed by atoms with Gasteiger partial charge in [-0.2, -0.15) is 0 Å². The Morgan fingerprint density at radius 3 is 2.71 bits per heavy atom. The van der Waals surface area contributed by atoms with E-state index in [1.54, 1.807) is 23.1 Å². The summed E-state index contributed by atoms with van der Waals surface area (Å²) < 4.78 is 0. The second kappa shape index (κ2) is 7.61. The lowest BCUT2D eigenvalue weighted by Crippen LogP contribution is -2.10. The lowest BCUT2D eigenvalue weighted by Gasteiger charge is -2.14. The van der Waals surface area contributed by atoms with Gasteiger partial charge in [-0.1, -0.05) is 18.7 Å². The van der Waals surface area contributed by atoms with Gasteiger partial charge in [-0.3, -0.25) is 0 Å². The minimum atomic E-state index is 0.132. The quantitative estimate of drug-likeness (QED) is 0.594. The Bertz CT molecular complexity index is 584. The molecule has 0 radical (unpaired) electrons. The molecule has 0 aliphatic carbocycles. The van der Waals surface area contributed by atoms with Crippen LogP contribution in [0, 0.1) is 6.92 Å². The molecule has 2 N–H and O–H groups in total. The number of aryl methyl sites for hydroxylation is 1. The highest BCUT2D eigenvalue weighted by molar-refractivity contribution is 7.98. The normalized spacial score (nSPS) is 12.2. The lowest BCUT2D eigenvalue weighted by molar-refractivity contribution is 0.843. The van der Waals surface area contributed by atoms with E-state index in [-0.39, 0.29) is 6.04 Å². The van der Waals surface area contributed by atoms with Crippen LogP contribution in [0.5, 0.6) is 0 Å². The molecule has 2 heterocycles. The van der Waals surface area contributed by atoms with Crippen LogP contribution in [0.15, 0.2) is 17.4 Å². The maximum atomic E-state index is 4.51. The average Bonchev–Trinajstić information content (AvgIpc) is 2.91. The molecule has 0 bridgehead atoms. The molecule has 0 saturated carbocycles. The fraction of sp³-hybridized carbons (Fsp3) is 0.500. The highest BCUT2D eigenvalue weighted by Crippen LogP contribution is 2.24. The number of thioether (sulfide) groups is 1. The van der Waals surface area contributed by atoms with Crippen molar-refractivity contribution in [3.63, 3.8) is 0 Å². The number of thiazole rings is 1. The smallest absolute Gasteiger partial charge is 0.191 e. The Morgan fingerprint density at radius 2 is 2.10 bits per heavy atom. The molecule has 0 aliphatic heterocycles.